The Hall–Kier alpha value is -0.562. The first kappa shape index (κ1) is 10.4. The summed E-state index contributed by atoms with van der Waals surface area (Å²) in [5.41, 5.74) is 0. The standard InChI is InChI=1S/C7H10N2O.W/c1-4-8-7(5-6-10)9(2)3;/h4,6H,1H2,2-3H3;. The average molecular weight is 322 g/mol. The molecular formula is C7H10N2OW. The number of carbonyl (C=O) groups is 1. The van der Waals surface area contributed by atoms with Gasteiger partial charge in [0.1, 0.15) is 0 Å². The molecule has 0 rings (SSSR count). The quantitative estimate of drug-likeness (QED) is 0.417. The summed E-state index contributed by atoms with van der Waals surface area (Å²) in [5.74, 6) is 0.685. The second-order valence-corrected chi connectivity index (χ2v) is 3.59. The molecule has 0 aromatic rings. The zero-order chi connectivity index (χ0) is 8.85. The minimum atomic E-state index is 0.685. The Morgan fingerprint density at radius 1 is 1.64 bits per heavy atom. The molecule has 0 aromatic carbocycles. The van der Waals surface area contributed by atoms with Gasteiger partial charge in [-0.05, 0) is 0 Å². The van der Waals surface area contributed by atoms with E-state index in [9.17, 15) is 4.79 Å². The first-order valence-electron chi connectivity index (χ1n) is 2.99. The molecule has 11 heavy (non-hydrogen) atoms. The van der Waals surface area contributed by atoms with E-state index in [1.54, 1.807) is 4.90 Å². The van der Waals surface area contributed by atoms with E-state index in [0.29, 0.717) is 9.73 Å². The van der Waals surface area contributed by atoms with Crippen LogP contribution in [0.25, 0.3) is 0 Å². The Balaban J connectivity index is 4.60. The Bertz CT molecular complexity index is 208. The van der Waals surface area contributed by atoms with Gasteiger partial charge in [0.25, 0.3) is 0 Å². The Morgan fingerprint density at radius 2 is 2.18 bits per heavy atom. The fraction of sp³-hybridized carbons (Fsp3) is 0.286. The average Bonchev–Trinajstić information content (AvgIpc) is 1.98. The van der Waals surface area contributed by atoms with Crippen LogP contribution in [0.5, 0.6) is 0 Å². The van der Waals surface area contributed by atoms with E-state index < -0.39 is 0 Å². The van der Waals surface area contributed by atoms with Gasteiger partial charge in [-0.15, -0.1) is 0 Å². The van der Waals surface area contributed by atoms with Crippen molar-refractivity contribution in [2.75, 3.05) is 14.1 Å². The number of hydrogen-bond donors (Lipinski definition) is 0. The molecule has 0 N–H and O–H groups in total. The van der Waals surface area contributed by atoms with Gasteiger partial charge in [0, 0.05) is 0 Å². The Kier molecular flexibility index (Phi) is 4.87. The van der Waals surface area contributed by atoms with Crippen LogP contribution < -0.4 is 0 Å². The fourth-order valence-corrected chi connectivity index (χ4v) is 1.38. The number of aldehydes is 1. The zero-order valence-corrected chi connectivity index (χ0v) is 9.51. The molecule has 4 heteroatoms. The summed E-state index contributed by atoms with van der Waals surface area (Å²) < 4.78 is 0.690. The number of nitrogens with zero attached hydrogens (tertiary/aromatic N) is 2. The molecule has 0 atom stereocenters. The van der Waals surface area contributed by atoms with Gasteiger partial charge >= 0.3 is 76.9 Å². The molecule has 0 aliphatic carbocycles. The number of aliphatic imine (C=N–C) groups is 1. The monoisotopic (exact) mass is 322 g/mol. The molecule has 0 saturated carbocycles. The summed E-state index contributed by atoms with van der Waals surface area (Å²) in [4.78, 5) is 16.1. The normalized spacial score (nSPS) is 10.5. The van der Waals surface area contributed by atoms with Crippen LogP contribution in [0.4, 0.5) is 0 Å². The van der Waals surface area contributed by atoms with E-state index in [-0.39, 0.29) is 0 Å². The van der Waals surface area contributed by atoms with Crippen LogP contribution in [0, 0.1) is 0 Å². The number of amidine groups is 1. The summed E-state index contributed by atoms with van der Waals surface area (Å²) >= 11 is 1.12. The third-order valence-electron chi connectivity index (χ3n) is 0.965. The van der Waals surface area contributed by atoms with E-state index in [1.165, 1.54) is 6.20 Å². The summed E-state index contributed by atoms with van der Waals surface area (Å²) in [6.07, 6.45) is 2.25. The number of carbonyl (C=O) groups excluding carboxylic acids is 1. The number of rotatable bonds is 3. The van der Waals surface area contributed by atoms with Gasteiger partial charge < -0.3 is 0 Å². The van der Waals surface area contributed by atoms with E-state index in [1.807, 2.05) is 14.1 Å². The second-order valence-electron chi connectivity index (χ2n) is 2.01. The summed E-state index contributed by atoms with van der Waals surface area (Å²) in [6.45, 7) is 3.47. The zero-order valence-electron chi connectivity index (χ0n) is 6.57. The molecule has 0 heterocycles. The van der Waals surface area contributed by atoms with Gasteiger partial charge in [-0.1, -0.05) is 0 Å². The fourth-order valence-electron chi connectivity index (χ4n) is 0.539. The van der Waals surface area contributed by atoms with E-state index in [2.05, 4.69) is 11.6 Å². The predicted octanol–water partition coefficient (Wildman–Crippen LogP) is 0.00810. The minimum absolute atomic E-state index is 0.685. The second kappa shape index (κ2) is 5.14. The van der Waals surface area contributed by atoms with Crippen molar-refractivity contribution < 1.29 is 24.1 Å². The molecule has 0 saturated heterocycles. The molecule has 0 unspecified atom stereocenters. The molecule has 0 aliphatic heterocycles. The Labute approximate surface area is 77.2 Å². The van der Waals surface area contributed by atoms with Crippen molar-refractivity contribution in [3.05, 3.63) is 12.8 Å². The summed E-state index contributed by atoms with van der Waals surface area (Å²) in [7, 11) is 3.68. The summed E-state index contributed by atoms with van der Waals surface area (Å²) in [6, 6.07) is 0. The molecule has 0 aliphatic rings. The molecule has 0 spiro atoms. The molecule has 0 fully saturated rings. The predicted molar refractivity (Wildman–Crippen MR) is 42.4 cm³/mol. The van der Waals surface area contributed by atoms with Crippen molar-refractivity contribution in [2.45, 2.75) is 0 Å². The van der Waals surface area contributed by atoms with Crippen molar-refractivity contribution in [3.8, 4) is 0 Å². The van der Waals surface area contributed by atoms with Crippen LogP contribution in [0.3, 0.4) is 0 Å². The molecule has 0 aromatic heterocycles. The first-order valence-corrected chi connectivity index (χ1v) is 4.45. The van der Waals surface area contributed by atoms with Crippen molar-refractivity contribution in [2.24, 2.45) is 4.99 Å². The van der Waals surface area contributed by atoms with Crippen molar-refractivity contribution in [1.82, 2.24) is 4.90 Å². The molecule has 0 amide bonds. The van der Waals surface area contributed by atoms with Gasteiger partial charge in [-0.3, -0.25) is 0 Å². The molecular weight excluding hydrogens is 312 g/mol. The molecule has 0 bridgehead atoms. The van der Waals surface area contributed by atoms with Crippen molar-refractivity contribution in [1.29, 1.82) is 0 Å². The van der Waals surface area contributed by atoms with Crippen LogP contribution >= 0.6 is 0 Å². The first-order chi connectivity index (χ1) is 5.13. The van der Waals surface area contributed by atoms with Crippen LogP contribution in [0.1, 0.15) is 0 Å². The van der Waals surface area contributed by atoms with Gasteiger partial charge in [0.2, 0.25) is 0 Å². The topological polar surface area (TPSA) is 32.7 Å². The van der Waals surface area contributed by atoms with Crippen LogP contribution in [-0.4, -0.2) is 35.0 Å². The van der Waals surface area contributed by atoms with Crippen LogP contribution in [0.15, 0.2) is 17.8 Å². The van der Waals surface area contributed by atoms with Gasteiger partial charge in [0.05, 0.1) is 0 Å². The Morgan fingerprint density at radius 3 is 2.45 bits per heavy atom. The van der Waals surface area contributed by atoms with Crippen molar-refractivity contribution in [3.63, 3.8) is 0 Å². The SMILES string of the molecule is C=CN=C([C](=[W])C=O)N(C)C. The van der Waals surface area contributed by atoms with E-state index in [0.717, 1.165) is 25.6 Å². The van der Waals surface area contributed by atoms with Gasteiger partial charge in [0.15, 0.2) is 0 Å². The van der Waals surface area contributed by atoms with E-state index >= 15 is 0 Å². The third-order valence-corrected chi connectivity index (χ3v) is 1.97. The van der Waals surface area contributed by atoms with E-state index in [4.69, 9.17) is 0 Å². The van der Waals surface area contributed by atoms with Gasteiger partial charge in [-0.25, -0.2) is 0 Å². The maximum absolute atomic E-state index is 10.4. The van der Waals surface area contributed by atoms with Crippen molar-refractivity contribution >= 4 is 16.0 Å². The molecule has 3 nitrogen and oxygen atoms in total. The van der Waals surface area contributed by atoms with Gasteiger partial charge in [-0.2, -0.15) is 0 Å². The summed E-state index contributed by atoms with van der Waals surface area (Å²) in [5, 5.41) is 0. The third kappa shape index (κ3) is 3.38. The van der Waals surface area contributed by atoms with Crippen LogP contribution in [-0.2, 0) is 24.1 Å². The molecule has 60 valence electrons. The number of hydrogen-bond acceptors (Lipinski definition) is 2. The maximum atomic E-state index is 10.4. The molecule has 0 radical (unpaired) electrons. The van der Waals surface area contributed by atoms with Crippen LogP contribution in [0.2, 0.25) is 0 Å².